The molecule has 1 aliphatic rings. The number of methoxy groups -OCH3 is 1. The van der Waals surface area contributed by atoms with Gasteiger partial charge in [-0.2, -0.15) is 13.2 Å². The third kappa shape index (κ3) is 2.20. The first-order chi connectivity index (χ1) is 8.43. The molecule has 1 fully saturated rings. The van der Waals surface area contributed by atoms with Crippen LogP contribution in [0.3, 0.4) is 0 Å². The van der Waals surface area contributed by atoms with Crippen LogP contribution in [0.15, 0.2) is 18.2 Å². The molecule has 1 saturated heterocycles. The molecule has 0 saturated carbocycles. The average molecular weight is 261 g/mol. The van der Waals surface area contributed by atoms with Gasteiger partial charge in [0.05, 0.1) is 19.2 Å². The molecule has 1 atom stereocenters. The number of hydrogen-bond acceptors (Lipinski definition) is 3. The molecule has 1 amide bonds. The van der Waals surface area contributed by atoms with E-state index in [9.17, 15) is 18.0 Å². The highest BCUT2D eigenvalue weighted by Crippen LogP contribution is 2.41. The second-order valence-electron chi connectivity index (χ2n) is 3.70. The van der Waals surface area contributed by atoms with Crippen molar-refractivity contribution in [3.63, 3.8) is 0 Å². The number of rotatable bonds is 2. The van der Waals surface area contributed by atoms with Gasteiger partial charge in [-0.1, -0.05) is 12.1 Å². The van der Waals surface area contributed by atoms with Crippen molar-refractivity contribution in [3.8, 4) is 5.75 Å². The van der Waals surface area contributed by atoms with Gasteiger partial charge >= 0.3 is 12.3 Å². The minimum absolute atomic E-state index is 0.122. The molecule has 18 heavy (non-hydrogen) atoms. The van der Waals surface area contributed by atoms with Crippen LogP contribution < -0.4 is 10.1 Å². The zero-order valence-corrected chi connectivity index (χ0v) is 9.38. The summed E-state index contributed by atoms with van der Waals surface area (Å²) in [5.41, 5.74) is -0.684. The molecule has 1 aromatic rings. The first-order valence-electron chi connectivity index (χ1n) is 5.12. The number of nitrogens with one attached hydrogen (secondary N) is 1. The lowest BCUT2D eigenvalue weighted by molar-refractivity contribution is -0.138. The topological polar surface area (TPSA) is 47.6 Å². The molecule has 1 heterocycles. The monoisotopic (exact) mass is 261 g/mol. The molecule has 7 heteroatoms. The Morgan fingerprint density at radius 3 is 2.67 bits per heavy atom. The van der Waals surface area contributed by atoms with Crippen molar-refractivity contribution in [3.05, 3.63) is 29.3 Å². The molecule has 0 aliphatic carbocycles. The van der Waals surface area contributed by atoms with Gasteiger partial charge in [-0.05, 0) is 6.07 Å². The minimum atomic E-state index is -4.52. The molecule has 1 unspecified atom stereocenters. The number of hydrogen-bond donors (Lipinski definition) is 1. The summed E-state index contributed by atoms with van der Waals surface area (Å²) < 4.78 is 48.0. The largest absolute Gasteiger partial charge is 0.496 e. The van der Waals surface area contributed by atoms with Gasteiger partial charge in [0.1, 0.15) is 11.9 Å². The summed E-state index contributed by atoms with van der Waals surface area (Å²) in [6, 6.07) is 3.62. The second kappa shape index (κ2) is 4.40. The smallest absolute Gasteiger partial charge is 0.419 e. The van der Waals surface area contributed by atoms with E-state index in [1.54, 1.807) is 0 Å². The second-order valence-corrected chi connectivity index (χ2v) is 3.70. The first kappa shape index (κ1) is 12.5. The summed E-state index contributed by atoms with van der Waals surface area (Å²) in [5.74, 6) is -0.313. The quantitative estimate of drug-likeness (QED) is 0.889. The Bertz CT molecular complexity index is 473. The lowest BCUT2D eigenvalue weighted by Gasteiger charge is -2.17. The highest BCUT2D eigenvalue weighted by atomic mass is 19.4. The van der Waals surface area contributed by atoms with Crippen LogP contribution in [0.1, 0.15) is 17.2 Å². The SMILES string of the molecule is COc1c(C2CNC(=O)O2)cccc1C(F)(F)F. The number of halogens is 3. The number of amides is 1. The Labute approximate surface area is 101 Å². The number of para-hydroxylation sites is 1. The van der Waals surface area contributed by atoms with Gasteiger partial charge in [0.2, 0.25) is 0 Å². The lowest BCUT2D eigenvalue weighted by atomic mass is 10.0. The molecule has 98 valence electrons. The van der Waals surface area contributed by atoms with Gasteiger partial charge < -0.3 is 14.8 Å². The third-order valence-corrected chi connectivity index (χ3v) is 2.58. The summed E-state index contributed by atoms with van der Waals surface area (Å²) in [6.07, 6.45) is -5.94. The Balaban J connectivity index is 2.45. The molecule has 0 aromatic heterocycles. The third-order valence-electron chi connectivity index (χ3n) is 2.58. The molecule has 4 nitrogen and oxygen atoms in total. The lowest BCUT2D eigenvalue weighted by Crippen LogP contribution is -2.13. The number of alkyl halides is 3. The van der Waals surface area contributed by atoms with Gasteiger partial charge in [0.25, 0.3) is 0 Å². The van der Waals surface area contributed by atoms with E-state index in [1.165, 1.54) is 12.1 Å². The number of cyclic esters (lactones) is 1. The molecular formula is C11H10F3NO3. The summed E-state index contributed by atoms with van der Waals surface area (Å²) in [5, 5.41) is 2.38. The van der Waals surface area contributed by atoms with Crippen LogP contribution in [0.25, 0.3) is 0 Å². The van der Waals surface area contributed by atoms with Gasteiger partial charge in [-0.15, -0.1) is 0 Å². The Kier molecular flexibility index (Phi) is 3.06. The molecule has 1 aromatic carbocycles. The average Bonchev–Trinajstić information content (AvgIpc) is 2.73. The van der Waals surface area contributed by atoms with Gasteiger partial charge in [0, 0.05) is 5.56 Å². The number of carbonyl (C=O) groups excluding carboxylic acids is 1. The first-order valence-corrected chi connectivity index (χ1v) is 5.12. The van der Waals surface area contributed by atoms with E-state index in [1.807, 2.05) is 0 Å². The molecule has 0 spiro atoms. The minimum Gasteiger partial charge on any atom is -0.496 e. The van der Waals surface area contributed by atoms with Crippen LogP contribution in [0.5, 0.6) is 5.75 Å². The summed E-state index contributed by atoms with van der Waals surface area (Å²) in [7, 11) is 1.15. The van der Waals surface area contributed by atoms with Crippen LogP contribution in [-0.4, -0.2) is 19.7 Å². The van der Waals surface area contributed by atoms with Crippen LogP contribution in [0.2, 0.25) is 0 Å². The van der Waals surface area contributed by atoms with Crippen LogP contribution in [0.4, 0.5) is 18.0 Å². The van der Waals surface area contributed by atoms with E-state index >= 15 is 0 Å². The maximum Gasteiger partial charge on any atom is 0.419 e. The van der Waals surface area contributed by atoms with Crippen molar-refractivity contribution in [1.29, 1.82) is 0 Å². The number of alkyl carbamates (subject to hydrolysis) is 1. The maximum absolute atomic E-state index is 12.8. The molecule has 0 bridgehead atoms. The molecule has 2 rings (SSSR count). The fourth-order valence-electron chi connectivity index (χ4n) is 1.82. The van der Waals surface area contributed by atoms with E-state index in [0.29, 0.717) is 0 Å². The Hall–Kier alpha value is -1.92. The number of benzene rings is 1. The van der Waals surface area contributed by atoms with Crippen molar-refractivity contribution in [2.45, 2.75) is 12.3 Å². The van der Waals surface area contributed by atoms with E-state index < -0.39 is 23.9 Å². The maximum atomic E-state index is 12.8. The summed E-state index contributed by atoms with van der Waals surface area (Å²) >= 11 is 0. The zero-order valence-electron chi connectivity index (χ0n) is 9.38. The van der Waals surface area contributed by atoms with Crippen molar-refractivity contribution in [1.82, 2.24) is 5.32 Å². The predicted octanol–water partition coefficient (Wildman–Crippen LogP) is 2.49. The van der Waals surface area contributed by atoms with E-state index in [4.69, 9.17) is 9.47 Å². The summed E-state index contributed by atoms with van der Waals surface area (Å²) in [6.45, 7) is 0.122. The van der Waals surface area contributed by atoms with Crippen LogP contribution >= 0.6 is 0 Å². The fourth-order valence-corrected chi connectivity index (χ4v) is 1.82. The van der Waals surface area contributed by atoms with Crippen LogP contribution in [-0.2, 0) is 10.9 Å². The van der Waals surface area contributed by atoms with Gasteiger partial charge in [0.15, 0.2) is 0 Å². The Morgan fingerprint density at radius 2 is 2.17 bits per heavy atom. The molecule has 1 N–H and O–H groups in total. The number of ether oxygens (including phenoxy) is 2. The van der Waals surface area contributed by atoms with Gasteiger partial charge in [-0.3, -0.25) is 0 Å². The van der Waals surface area contributed by atoms with Gasteiger partial charge in [-0.25, -0.2) is 4.79 Å². The fraction of sp³-hybridized carbons (Fsp3) is 0.364. The zero-order chi connectivity index (χ0) is 13.3. The van der Waals surface area contributed by atoms with Crippen molar-refractivity contribution in [2.75, 3.05) is 13.7 Å². The van der Waals surface area contributed by atoms with Crippen molar-refractivity contribution >= 4 is 6.09 Å². The predicted molar refractivity (Wildman–Crippen MR) is 55.2 cm³/mol. The normalized spacial score (nSPS) is 19.3. The Morgan fingerprint density at radius 1 is 1.44 bits per heavy atom. The van der Waals surface area contributed by atoms with E-state index in [-0.39, 0.29) is 17.9 Å². The van der Waals surface area contributed by atoms with Crippen molar-refractivity contribution < 1.29 is 27.4 Å². The standard InChI is InChI=1S/C11H10F3NO3/c1-17-9-6(8-5-15-10(16)18-8)3-2-4-7(9)11(12,13)14/h2-4,8H,5H2,1H3,(H,15,16). The molecule has 1 aliphatic heterocycles. The molecule has 0 radical (unpaired) electrons. The van der Waals surface area contributed by atoms with Crippen molar-refractivity contribution in [2.24, 2.45) is 0 Å². The molecular weight excluding hydrogens is 251 g/mol. The summed E-state index contributed by atoms with van der Waals surface area (Å²) in [4.78, 5) is 10.9. The highest BCUT2D eigenvalue weighted by Gasteiger charge is 2.37. The highest BCUT2D eigenvalue weighted by molar-refractivity contribution is 5.70. The number of carbonyl (C=O) groups is 1. The van der Waals surface area contributed by atoms with E-state index in [2.05, 4.69) is 5.32 Å². The van der Waals surface area contributed by atoms with E-state index in [0.717, 1.165) is 13.2 Å². The van der Waals surface area contributed by atoms with Crippen LogP contribution in [0, 0.1) is 0 Å².